The van der Waals surface area contributed by atoms with E-state index in [-0.39, 0.29) is 12.4 Å². The summed E-state index contributed by atoms with van der Waals surface area (Å²) in [5.74, 6) is 1.97. The van der Waals surface area contributed by atoms with Crippen molar-refractivity contribution in [3.63, 3.8) is 0 Å². The van der Waals surface area contributed by atoms with Crippen molar-refractivity contribution in [3.8, 4) is 11.3 Å². The first-order valence-corrected chi connectivity index (χ1v) is 8.44. The van der Waals surface area contributed by atoms with Crippen LogP contribution in [0.4, 0.5) is 0 Å². The summed E-state index contributed by atoms with van der Waals surface area (Å²) in [6.45, 7) is 3.30. The first-order valence-electron chi connectivity index (χ1n) is 8.06. The van der Waals surface area contributed by atoms with Gasteiger partial charge in [0.2, 0.25) is 5.91 Å². The molecule has 1 N–H and O–H groups in total. The third kappa shape index (κ3) is 4.76. The normalized spacial score (nSPS) is 14.0. The van der Waals surface area contributed by atoms with Crippen molar-refractivity contribution < 1.29 is 9.21 Å². The number of rotatable bonds is 7. The van der Waals surface area contributed by atoms with Crippen LogP contribution in [0.5, 0.6) is 0 Å². The number of hydrogen-bond donors (Lipinski definition) is 1. The summed E-state index contributed by atoms with van der Waals surface area (Å²) >= 11 is 6.18. The molecule has 0 unspecified atom stereocenters. The highest BCUT2D eigenvalue weighted by molar-refractivity contribution is 6.33. The van der Waals surface area contributed by atoms with Gasteiger partial charge in [-0.2, -0.15) is 0 Å². The van der Waals surface area contributed by atoms with Crippen LogP contribution in [0, 0.1) is 0 Å². The predicted octanol–water partition coefficient (Wildman–Crippen LogP) is 4.12. The SMILES string of the molecule is Cl.O=C1CCCN1CCCNCc1ccc(-c2ccccc2Cl)o1. The van der Waals surface area contributed by atoms with E-state index in [1.807, 2.05) is 41.3 Å². The molecule has 0 radical (unpaired) electrons. The van der Waals surface area contributed by atoms with Crippen LogP contribution in [0.3, 0.4) is 0 Å². The van der Waals surface area contributed by atoms with Crippen molar-refractivity contribution in [2.75, 3.05) is 19.6 Å². The summed E-state index contributed by atoms with van der Waals surface area (Å²) in [4.78, 5) is 13.5. The molecule has 4 nitrogen and oxygen atoms in total. The van der Waals surface area contributed by atoms with Crippen LogP contribution in [-0.4, -0.2) is 30.4 Å². The minimum atomic E-state index is 0. The van der Waals surface area contributed by atoms with Gasteiger partial charge in [-0.05, 0) is 43.7 Å². The topological polar surface area (TPSA) is 45.5 Å². The van der Waals surface area contributed by atoms with Crippen LogP contribution in [0.25, 0.3) is 11.3 Å². The molecule has 6 heteroatoms. The van der Waals surface area contributed by atoms with E-state index < -0.39 is 0 Å². The fourth-order valence-electron chi connectivity index (χ4n) is 2.83. The maximum atomic E-state index is 11.5. The maximum absolute atomic E-state index is 11.5. The third-order valence-electron chi connectivity index (χ3n) is 4.05. The zero-order chi connectivity index (χ0) is 16.1. The molecule has 1 fully saturated rings. The molecule has 0 spiro atoms. The van der Waals surface area contributed by atoms with Crippen LogP contribution < -0.4 is 5.32 Å². The average Bonchev–Trinajstić information content (AvgIpc) is 3.17. The Morgan fingerprint density at radius 2 is 2.04 bits per heavy atom. The number of hydrogen-bond acceptors (Lipinski definition) is 3. The number of likely N-dealkylation sites (tertiary alicyclic amines) is 1. The standard InChI is InChI=1S/C18H21ClN2O2.ClH/c19-16-6-2-1-5-15(16)17-9-8-14(23-17)13-20-10-4-12-21-11-3-7-18(21)22;/h1-2,5-6,8-9,20H,3-4,7,10-13H2;1H. The number of benzene rings is 1. The van der Waals surface area contributed by atoms with Crippen molar-refractivity contribution in [2.45, 2.75) is 25.8 Å². The lowest BCUT2D eigenvalue weighted by molar-refractivity contribution is -0.127. The second-order valence-corrected chi connectivity index (χ2v) is 6.17. The molecule has 2 heterocycles. The second kappa shape index (κ2) is 9.11. The van der Waals surface area contributed by atoms with Crippen molar-refractivity contribution in [2.24, 2.45) is 0 Å². The van der Waals surface area contributed by atoms with E-state index >= 15 is 0 Å². The van der Waals surface area contributed by atoms with Gasteiger partial charge < -0.3 is 14.6 Å². The van der Waals surface area contributed by atoms with Gasteiger partial charge in [0.15, 0.2) is 0 Å². The molecular weight excluding hydrogens is 347 g/mol. The molecule has 1 saturated heterocycles. The van der Waals surface area contributed by atoms with Crippen LogP contribution in [-0.2, 0) is 11.3 Å². The lowest BCUT2D eigenvalue weighted by Crippen LogP contribution is -2.28. The Kier molecular flexibility index (Phi) is 7.16. The lowest BCUT2D eigenvalue weighted by atomic mass is 10.2. The van der Waals surface area contributed by atoms with Gasteiger partial charge in [-0.1, -0.05) is 23.7 Å². The molecule has 1 amide bonds. The van der Waals surface area contributed by atoms with Gasteiger partial charge >= 0.3 is 0 Å². The van der Waals surface area contributed by atoms with Crippen LogP contribution in [0.15, 0.2) is 40.8 Å². The Bertz CT molecular complexity index is 673. The average molecular weight is 369 g/mol. The van der Waals surface area contributed by atoms with E-state index in [1.54, 1.807) is 0 Å². The van der Waals surface area contributed by atoms with Gasteiger partial charge in [0.25, 0.3) is 0 Å². The zero-order valence-corrected chi connectivity index (χ0v) is 15.0. The van der Waals surface area contributed by atoms with Gasteiger partial charge in [0, 0.05) is 25.1 Å². The molecule has 2 aromatic rings. The largest absolute Gasteiger partial charge is 0.460 e. The van der Waals surface area contributed by atoms with Gasteiger partial charge in [-0.15, -0.1) is 12.4 Å². The lowest BCUT2D eigenvalue weighted by Gasteiger charge is -2.15. The van der Waals surface area contributed by atoms with E-state index in [2.05, 4.69) is 5.32 Å². The van der Waals surface area contributed by atoms with Gasteiger partial charge in [-0.3, -0.25) is 4.79 Å². The second-order valence-electron chi connectivity index (χ2n) is 5.76. The van der Waals surface area contributed by atoms with Gasteiger partial charge in [-0.25, -0.2) is 0 Å². The molecule has 24 heavy (non-hydrogen) atoms. The smallest absolute Gasteiger partial charge is 0.222 e. The van der Waals surface area contributed by atoms with Gasteiger partial charge in [0.1, 0.15) is 11.5 Å². The molecule has 3 rings (SSSR count). The summed E-state index contributed by atoms with van der Waals surface area (Å²) in [7, 11) is 0. The quantitative estimate of drug-likeness (QED) is 0.747. The van der Waals surface area contributed by atoms with E-state index in [0.29, 0.717) is 23.9 Å². The number of carbonyl (C=O) groups excluding carboxylic acids is 1. The summed E-state index contributed by atoms with van der Waals surface area (Å²) < 4.78 is 5.84. The van der Waals surface area contributed by atoms with Crippen molar-refractivity contribution >= 4 is 29.9 Å². The molecular formula is C18H22Cl2N2O2. The van der Waals surface area contributed by atoms with E-state index in [1.165, 1.54) is 0 Å². The summed E-state index contributed by atoms with van der Waals surface area (Å²) in [5, 5.41) is 4.05. The van der Waals surface area contributed by atoms with Crippen LogP contribution >= 0.6 is 24.0 Å². The van der Waals surface area contributed by atoms with E-state index in [4.69, 9.17) is 16.0 Å². The Hall–Kier alpha value is -1.49. The molecule has 1 aromatic carbocycles. The van der Waals surface area contributed by atoms with Crippen molar-refractivity contribution in [3.05, 3.63) is 47.2 Å². The van der Waals surface area contributed by atoms with Crippen LogP contribution in [0.1, 0.15) is 25.0 Å². The maximum Gasteiger partial charge on any atom is 0.222 e. The van der Waals surface area contributed by atoms with E-state index in [0.717, 1.165) is 49.6 Å². The number of carbonyl (C=O) groups is 1. The Balaban J connectivity index is 0.00000208. The Morgan fingerprint density at radius 3 is 2.79 bits per heavy atom. The first-order chi connectivity index (χ1) is 11.2. The fraction of sp³-hybridized carbons (Fsp3) is 0.389. The number of furan rings is 1. The Morgan fingerprint density at radius 1 is 1.21 bits per heavy atom. The zero-order valence-electron chi connectivity index (χ0n) is 13.5. The predicted molar refractivity (Wildman–Crippen MR) is 98.5 cm³/mol. The fourth-order valence-corrected chi connectivity index (χ4v) is 3.05. The minimum absolute atomic E-state index is 0. The number of nitrogens with zero attached hydrogens (tertiary/aromatic N) is 1. The summed E-state index contributed by atoms with van der Waals surface area (Å²) in [5.41, 5.74) is 0.910. The van der Waals surface area contributed by atoms with Crippen molar-refractivity contribution in [1.82, 2.24) is 10.2 Å². The third-order valence-corrected chi connectivity index (χ3v) is 4.38. The molecule has 1 aliphatic heterocycles. The highest BCUT2D eigenvalue weighted by Crippen LogP contribution is 2.28. The van der Waals surface area contributed by atoms with Crippen LogP contribution in [0.2, 0.25) is 5.02 Å². The summed E-state index contributed by atoms with van der Waals surface area (Å²) in [6, 6.07) is 11.6. The minimum Gasteiger partial charge on any atom is -0.460 e. The monoisotopic (exact) mass is 368 g/mol. The molecule has 0 aliphatic carbocycles. The molecule has 0 saturated carbocycles. The summed E-state index contributed by atoms with van der Waals surface area (Å²) in [6.07, 6.45) is 2.68. The highest BCUT2D eigenvalue weighted by Gasteiger charge is 2.18. The number of amides is 1. The highest BCUT2D eigenvalue weighted by atomic mass is 35.5. The number of halogens is 2. The van der Waals surface area contributed by atoms with Crippen molar-refractivity contribution in [1.29, 1.82) is 0 Å². The molecule has 130 valence electrons. The molecule has 0 bridgehead atoms. The van der Waals surface area contributed by atoms with Gasteiger partial charge in [0.05, 0.1) is 11.6 Å². The molecule has 0 atom stereocenters. The van der Waals surface area contributed by atoms with E-state index in [9.17, 15) is 4.79 Å². The molecule has 1 aromatic heterocycles. The Labute approximate surface area is 153 Å². The first kappa shape index (κ1) is 18.8. The number of nitrogens with one attached hydrogen (secondary N) is 1. The molecule has 1 aliphatic rings.